The lowest BCUT2D eigenvalue weighted by Crippen LogP contribution is -2.50. The van der Waals surface area contributed by atoms with Gasteiger partial charge in [-0.05, 0) is 37.1 Å². The van der Waals surface area contributed by atoms with E-state index in [1.54, 1.807) is 0 Å². The maximum atomic E-state index is 11.2. The highest BCUT2D eigenvalue weighted by atomic mass is 79.9. The molecule has 0 bridgehead atoms. The van der Waals surface area contributed by atoms with Crippen molar-refractivity contribution in [1.82, 2.24) is 0 Å². The second kappa shape index (κ2) is 4.39. The molecule has 5 heteroatoms. The number of halogens is 1. The van der Waals surface area contributed by atoms with Crippen LogP contribution in [0.2, 0.25) is 0 Å². The summed E-state index contributed by atoms with van der Waals surface area (Å²) < 4.78 is 0.127. The summed E-state index contributed by atoms with van der Waals surface area (Å²) in [5.41, 5.74) is 0. The zero-order valence-corrected chi connectivity index (χ0v) is 10.8. The standard InChI is InChI=1S/C11H11BrO3S/c12-7-1-3-9(4-2-7)16-11(10(14)15)5-8(13)6-11/h1-4,8,13H,5-6H2,(H,14,15). The lowest BCUT2D eigenvalue weighted by atomic mass is 9.81. The van der Waals surface area contributed by atoms with Gasteiger partial charge in [0.1, 0.15) is 4.75 Å². The number of thioether (sulfide) groups is 1. The predicted molar refractivity (Wildman–Crippen MR) is 65.6 cm³/mol. The Morgan fingerprint density at radius 1 is 1.38 bits per heavy atom. The van der Waals surface area contributed by atoms with E-state index in [2.05, 4.69) is 15.9 Å². The second-order valence-electron chi connectivity index (χ2n) is 3.92. The van der Waals surface area contributed by atoms with Crippen molar-refractivity contribution >= 4 is 33.7 Å². The van der Waals surface area contributed by atoms with Gasteiger partial charge in [0.25, 0.3) is 0 Å². The number of aliphatic hydroxyl groups excluding tert-OH is 1. The molecule has 16 heavy (non-hydrogen) atoms. The minimum Gasteiger partial charge on any atom is -0.480 e. The first-order valence-corrected chi connectivity index (χ1v) is 6.49. The van der Waals surface area contributed by atoms with E-state index in [0.29, 0.717) is 12.8 Å². The summed E-state index contributed by atoms with van der Waals surface area (Å²) in [7, 11) is 0. The maximum Gasteiger partial charge on any atom is 0.320 e. The summed E-state index contributed by atoms with van der Waals surface area (Å²) in [5, 5.41) is 18.4. The van der Waals surface area contributed by atoms with E-state index in [9.17, 15) is 15.0 Å². The van der Waals surface area contributed by atoms with Crippen molar-refractivity contribution in [3.8, 4) is 0 Å². The molecule has 2 N–H and O–H groups in total. The van der Waals surface area contributed by atoms with Crippen LogP contribution in [-0.4, -0.2) is 27.0 Å². The predicted octanol–water partition coefficient (Wildman–Crippen LogP) is 2.52. The average molecular weight is 303 g/mol. The Labute approximate surface area is 106 Å². The number of benzene rings is 1. The van der Waals surface area contributed by atoms with Crippen LogP contribution >= 0.6 is 27.7 Å². The number of aliphatic hydroxyl groups is 1. The molecule has 0 amide bonds. The molecule has 0 aliphatic heterocycles. The lowest BCUT2D eigenvalue weighted by molar-refractivity contribution is -0.145. The molecular weight excluding hydrogens is 292 g/mol. The van der Waals surface area contributed by atoms with Crippen LogP contribution in [0.15, 0.2) is 33.6 Å². The summed E-state index contributed by atoms with van der Waals surface area (Å²) in [6.07, 6.45) is 0.172. The first-order chi connectivity index (χ1) is 7.52. The van der Waals surface area contributed by atoms with Gasteiger partial charge in [0.2, 0.25) is 0 Å². The van der Waals surface area contributed by atoms with Crippen molar-refractivity contribution in [2.45, 2.75) is 28.6 Å². The van der Waals surface area contributed by atoms with Crippen molar-refractivity contribution in [3.05, 3.63) is 28.7 Å². The Morgan fingerprint density at radius 3 is 2.38 bits per heavy atom. The van der Waals surface area contributed by atoms with E-state index < -0.39 is 16.8 Å². The molecule has 1 fully saturated rings. The van der Waals surface area contributed by atoms with E-state index in [1.165, 1.54) is 11.8 Å². The van der Waals surface area contributed by atoms with Gasteiger partial charge in [0.15, 0.2) is 0 Å². The summed E-state index contributed by atoms with van der Waals surface area (Å²) in [6, 6.07) is 7.52. The van der Waals surface area contributed by atoms with E-state index >= 15 is 0 Å². The van der Waals surface area contributed by atoms with Crippen molar-refractivity contribution < 1.29 is 15.0 Å². The fourth-order valence-electron chi connectivity index (χ4n) is 1.73. The van der Waals surface area contributed by atoms with Crippen LogP contribution in [0.1, 0.15) is 12.8 Å². The maximum absolute atomic E-state index is 11.2. The molecule has 1 aliphatic carbocycles. The van der Waals surface area contributed by atoms with Crippen molar-refractivity contribution in [1.29, 1.82) is 0 Å². The topological polar surface area (TPSA) is 57.5 Å². The number of aliphatic carboxylic acids is 1. The lowest BCUT2D eigenvalue weighted by Gasteiger charge is -2.40. The molecular formula is C11H11BrO3S. The molecule has 1 saturated carbocycles. The number of hydrogen-bond acceptors (Lipinski definition) is 3. The van der Waals surface area contributed by atoms with Crippen LogP contribution < -0.4 is 0 Å². The quantitative estimate of drug-likeness (QED) is 0.901. The second-order valence-corrected chi connectivity index (χ2v) is 6.29. The van der Waals surface area contributed by atoms with Gasteiger partial charge in [0.05, 0.1) is 6.10 Å². The first-order valence-electron chi connectivity index (χ1n) is 4.88. The largest absolute Gasteiger partial charge is 0.480 e. The number of hydrogen-bond donors (Lipinski definition) is 2. The normalized spacial score (nSPS) is 28.5. The van der Waals surface area contributed by atoms with Gasteiger partial charge in [-0.3, -0.25) is 4.79 Å². The van der Waals surface area contributed by atoms with Crippen LogP contribution in [0.25, 0.3) is 0 Å². The Kier molecular flexibility index (Phi) is 3.28. The highest BCUT2D eigenvalue weighted by Crippen LogP contribution is 2.48. The van der Waals surface area contributed by atoms with Gasteiger partial charge < -0.3 is 10.2 Å². The molecule has 0 unspecified atom stereocenters. The Bertz CT molecular complexity index is 398. The molecule has 0 radical (unpaired) electrons. The van der Waals surface area contributed by atoms with Gasteiger partial charge in [0, 0.05) is 9.37 Å². The van der Waals surface area contributed by atoms with Crippen LogP contribution in [-0.2, 0) is 4.79 Å². The molecule has 0 heterocycles. The molecule has 1 aromatic carbocycles. The van der Waals surface area contributed by atoms with Crippen LogP contribution in [0.3, 0.4) is 0 Å². The Hall–Kier alpha value is -0.520. The van der Waals surface area contributed by atoms with Gasteiger partial charge in [-0.2, -0.15) is 0 Å². The molecule has 3 nitrogen and oxygen atoms in total. The number of carboxylic acid groups (broad SMARTS) is 1. The summed E-state index contributed by atoms with van der Waals surface area (Å²) in [5.74, 6) is -0.842. The van der Waals surface area contributed by atoms with Crippen LogP contribution in [0, 0.1) is 0 Å². The van der Waals surface area contributed by atoms with Gasteiger partial charge in [-0.25, -0.2) is 0 Å². The first kappa shape index (κ1) is 12.0. The third-order valence-corrected chi connectivity index (χ3v) is 4.58. The molecule has 0 aromatic heterocycles. The van der Waals surface area contributed by atoms with Crippen molar-refractivity contribution in [2.75, 3.05) is 0 Å². The van der Waals surface area contributed by atoms with Gasteiger partial charge >= 0.3 is 5.97 Å². The van der Waals surface area contributed by atoms with E-state index in [0.717, 1.165) is 9.37 Å². The Morgan fingerprint density at radius 2 is 1.94 bits per heavy atom. The molecule has 1 aromatic rings. The highest BCUT2D eigenvalue weighted by molar-refractivity contribution is 9.10. The smallest absolute Gasteiger partial charge is 0.320 e. The number of rotatable bonds is 3. The molecule has 0 saturated heterocycles. The summed E-state index contributed by atoms with van der Waals surface area (Å²) in [4.78, 5) is 12.1. The SMILES string of the molecule is O=C(O)C1(Sc2ccc(Br)cc2)CC(O)C1. The monoisotopic (exact) mass is 302 g/mol. The number of carbonyl (C=O) groups is 1. The molecule has 1 aliphatic rings. The fraction of sp³-hybridized carbons (Fsp3) is 0.364. The van der Waals surface area contributed by atoms with Crippen molar-refractivity contribution in [3.63, 3.8) is 0 Å². The molecule has 0 atom stereocenters. The van der Waals surface area contributed by atoms with Crippen molar-refractivity contribution in [2.24, 2.45) is 0 Å². The molecule has 86 valence electrons. The highest BCUT2D eigenvalue weighted by Gasteiger charge is 2.50. The van der Waals surface area contributed by atoms with Crippen LogP contribution in [0.4, 0.5) is 0 Å². The zero-order chi connectivity index (χ0) is 11.8. The van der Waals surface area contributed by atoms with Crippen LogP contribution in [0.5, 0.6) is 0 Å². The minimum absolute atomic E-state index is 0.322. The van der Waals surface area contributed by atoms with Gasteiger partial charge in [-0.1, -0.05) is 15.9 Å². The number of carboxylic acids is 1. The van der Waals surface area contributed by atoms with Gasteiger partial charge in [-0.15, -0.1) is 11.8 Å². The van der Waals surface area contributed by atoms with E-state index in [1.807, 2.05) is 24.3 Å². The third-order valence-electron chi connectivity index (χ3n) is 2.65. The summed E-state index contributed by atoms with van der Waals surface area (Å²) >= 11 is 4.65. The third kappa shape index (κ3) is 2.26. The average Bonchev–Trinajstić information content (AvgIpc) is 2.18. The molecule has 2 rings (SSSR count). The summed E-state index contributed by atoms with van der Waals surface area (Å²) in [6.45, 7) is 0. The minimum atomic E-state index is -0.842. The fourth-order valence-corrected chi connectivity index (χ4v) is 3.36. The molecule has 0 spiro atoms. The van der Waals surface area contributed by atoms with E-state index in [-0.39, 0.29) is 0 Å². The van der Waals surface area contributed by atoms with E-state index in [4.69, 9.17) is 0 Å². The zero-order valence-electron chi connectivity index (χ0n) is 8.39. The Balaban J connectivity index is 2.13.